The van der Waals surface area contributed by atoms with Crippen LogP contribution in [0.4, 0.5) is 36.6 Å². The first kappa shape index (κ1) is 29.8. The molecule has 3 N–H and O–H groups in total. The number of hydrogen-bond acceptors (Lipinski definition) is 8. The molecule has 2 amide bonds. The summed E-state index contributed by atoms with van der Waals surface area (Å²) in [5.74, 6) is -3.52. The van der Waals surface area contributed by atoms with Crippen LogP contribution < -0.4 is 10.5 Å². The maximum Gasteiger partial charge on any atom is 0.426 e. The first-order valence-corrected chi connectivity index (χ1v) is 11.6. The van der Waals surface area contributed by atoms with Crippen LogP contribution in [0.1, 0.15) is 22.8 Å². The van der Waals surface area contributed by atoms with Gasteiger partial charge in [-0.1, -0.05) is 0 Å². The number of aliphatic hydroxyl groups is 1. The molecule has 222 valence electrons. The van der Waals surface area contributed by atoms with Gasteiger partial charge in [-0.3, -0.25) is 9.59 Å². The van der Waals surface area contributed by atoms with E-state index in [-0.39, 0.29) is 29.6 Å². The predicted molar refractivity (Wildman–Crippen MR) is 126 cm³/mol. The number of carbonyl (C=O) groups excluding carboxylic acids is 2. The molecule has 0 aromatic carbocycles. The number of hydrogen-bond donors (Lipinski definition) is 2. The SMILES string of the molecule is COc1ncc(-c2cc(C(F)(F)F)c3c(N)ncnn23)cc1C(=O)N(C)[C@@H]1CN(C(=O)C(C)(O)C(F)(F)F)C[C@@H]1F. The van der Waals surface area contributed by atoms with Crippen LogP contribution in [0.3, 0.4) is 0 Å². The first-order chi connectivity index (χ1) is 18.9. The lowest BCUT2D eigenvalue weighted by atomic mass is 10.1. The van der Waals surface area contributed by atoms with Crippen molar-refractivity contribution < 1.29 is 50.2 Å². The van der Waals surface area contributed by atoms with E-state index >= 15 is 0 Å². The van der Waals surface area contributed by atoms with Crippen LogP contribution in [0.5, 0.6) is 5.88 Å². The Balaban J connectivity index is 1.70. The number of rotatable bonds is 5. The lowest BCUT2D eigenvalue weighted by molar-refractivity contribution is -0.249. The molecule has 18 heteroatoms. The number of alkyl halides is 7. The smallest absolute Gasteiger partial charge is 0.426 e. The van der Waals surface area contributed by atoms with Crippen molar-refractivity contribution in [1.29, 1.82) is 0 Å². The Morgan fingerprint density at radius 2 is 1.80 bits per heavy atom. The third kappa shape index (κ3) is 5.07. The van der Waals surface area contributed by atoms with Gasteiger partial charge in [0.25, 0.3) is 11.8 Å². The van der Waals surface area contributed by atoms with Gasteiger partial charge in [-0.05, 0) is 19.1 Å². The minimum absolute atomic E-state index is 0.0487. The van der Waals surface area contributed by atoms with Crippen LogP contribution in [0.2, 0.25) is 0 Å². The Morgan fingerprint density at radius 3 is 2.39 bits per heavy atom. The fourth-order valence-electron chi connectivity index (χ4n) is 4.45. The molecule has 1 fully saturated rings. The number of amides is 2. The summed E-state index contributed by atoms with van der Waals surface area (Å²) in [6.45, 7) is -1.28. The highest BCUT2D eigenvalue weighted by molar-refractivity contribution is 5.98. The molecule has 1 saturated heterocycles. The Hall–Kier alpha value is -4.22. The van der Waals surface area contributed by atoms with Gasteiger partial charge in [0, 0.05) is 25.4 Å². The number of ether oxygens (including phenoxy) is 1. The van der Waals surface area contributed by atoms with Gasteiger partial charge in [0.05, 0.1) is 31.0 Å². The average molecular weight is 593 g/mol. The van der Waals surface area contributed by atoms with Crippen molar-refractivity contribution >= 4 is 23.1 Å². The van der Waals surface area contributed by atoms with E-state index < -0.39 is 72.0 Å². The van der Waals surface area contributed by atoms with E-state index in [1.807, 2.05) is 0 Å². The summed E-state index contributed by atoms with van der Waals surface area (Å²) < 4.78 is 101. The average Bonchev–Trinajstić information content (AvgIpc) is 3.48. The van der Waals surface area contributed by atoms with Crippen molar-refractivity contribution in [1.82, 2.24) is 29.4 Å². The Bertz CT molecular complexity index is 1510. The van der Waals surface area contributed by atoms with Crippen molar-refractivity contribution in [3.8, 4) is 17.1 Å². The molecule has 0 saturated carbocycles. The van der Waals surface area contributed by atoms with E-state index in [1.165, 1.54) is 0 Å². The summed E-state index contributed by atoms with van der Waals surface area (Å²) in [7, 11) is 2.26. The van der Waals surface area contributed by atoms with E-state index in [0.717, 1.165) is 48.2 Å². The van der Waals surface area contributed by atoms with Gasteiger partial charge >= 0.3 is 12.4 Å². The van der Waals surface area contributed by atoms with Gasteiger partial charge in [0.1, 0.15) is 23.6 Å². The molecule has 11 nitrogen and oxygen atoms in total. The number of fused-ring (bicyclic) bond motifs is 1. The molecule has 0 aliphatic carbocycles. The summed E-state index contributed by atoms with van der Waals surface area (Å²) in [6.07, 6.45) is -10.2. The number of carbonyl (C=O) groups is 2. The fourth-order valence-corrected chi connectivity index (χ4v) is 4.45. The van der Waals surface area contributed by atoms with E-state index in [1.54, 1.807) is 0 Å². The van der Waals surface area contributed by atoms with Crippen molar-refractivity contribution in [2.45, 2.75) is 37.1 Å². The third-order valence-electron chi connectivity index (χ3n) is 6.75. The largest absolute Gasteiger partial charge is 0.480 e. The highest BCUT2D eigenvalue weighted by Gasteiger charge is 2.58. The topological polar surface area (TPSA) is 139 Å². The second kappa shape index (κ2) is 10.0. The zero-order valence-electron chi connectivity index (χ0n) is 21.5. The molecule has 0 bridgehead atoms. The maximum atomic E-state index is 14.9. The van der Waals surface area contributed by atoms with Crippen LogP contribution >= 0.6 is 0 Å². The van der Waals surface area contributed by atoms with E-state index in [4.69, 9.17) is 10.5 Å². The van der Waals surface area contributed by atoms with Crippen LogP contribution in [0, 0.1) is 0 Å². The van der Waals surface area contributed by atoms with E-state index in [0.29, 0.717) is 4.90 Å². The molecule has 41 heavy (non-hydrogen) atoms. The second-order valence-corrected chi connectivity index (χ2v) is 9.41. The molecule has 0 spiro atoms. The molecule has 4 heterocycles. The van der Waals surface area contributed by atoms with Crippen LogP contribution in [-0.2, 0) is 11.0 Å². The number of likely N-dealkylation sites (N-methyl/N-ethyl adjacent to an activating group) is 1. The highest BCUT2D eigenvalue weighted by Crippen LogP contribution is 2.39. The van der Waals surface area contributed by atoms with Gasteiger partial charge in [-0.2, -0.15) is 31.4 Å². The zero-order valence-corrected chi connectivity index (χ0v) is 21.5. The predicted octanol–water partition coefficient (Wildman–Crippen LogP) is 2.34. The molecule has 4 rings (SSSR count). The second-order valence-electron chi connectivity index (χ2n) is 9.41. The van der Waals surface area contributed by atoms with E-state index in [2.05, 4.69) is 15.1 Å². The van der Waals surface area contributed by atoms with Gasteiger partial charge in [-0.25, -0.2) is 18.9 Å². The van der Waals surface area contributed by atoms with Crippen LogP contribution in [0.15, 0.2) is 24.7 Å². The van der Waals surface area contributed by atoms with E-state index in [9.17, 15) is 45.4 Å². The highest BCUT2D eigenvalue weighted by atomic mass is 19.4. The molecule has 1 unspecified atom stereocenters. The summed E-state index contributed by atoms with van der Waals surface area (Å²) in [6, 6.07) is 0.402. The number of pyridine rings is 1. The molecule has 1 aliphatic heterocycles. The monoisotopic (exact) mass is 593 g/mol. The first-order valence-electron chi connectivity index (χ1n) is 11.6. The van der Waals surface area contributed by atoms with Crippen molar-refractivity contribution in [3.05, 3.63) is 35.8 Å². The minimum Gasteiger partial charge on any atom is -0.480 e. The maximum absolute atomic E-state index is 14.9. The lowest BCUT2D eigenvalue weighted by Crippen LogP contribution is -2.56. The Kier molecular flexibility index (Phi) is 7.26. The van der Waals surface area contributed by atoms with Crippen molar-refractivity contribution in [3.63, 3.8) is 0 Å². The number of anilines is 1. The van der Waals surface area contributed by atoms with Crippen LogP contribution in [-0.4, -0.2) is 97.5 Å². The number of likely N-dealkylation sites (tertiary alicyclic amines) is 1. The number of nitrogens with zero attached hydrogens (tertiary/aromatic N) is 6. The number of methoxy groups -OCH3 is 1. The number of nitrogens with two attached hydrogens (primary N) is 1. The quantitative estimate of drug-likeness (QED) is 0.430. The number of nitrogen functional groups attached to an aromatic ring is 1. The molecule has 3 atom stereocenters. The molecule has 3 aromatic rings. The van der Waals surface area contributed by atoms with Crippen molar-refractivity contribution in [2.24, 2.45) is 0 Å². The van der Waals surface area contributed by atoms with Crippen molar-refractivity contribution in [2.75, 3.05) is 33.0 Å². The molecular weight excluding hydrogens is 571 g/mol. The zero-order chi connectivity index (χ0) is 30.7. The fraction of sp³-hybridized carbons (Fsp3) is 0.435. The van der Waals surface area contributed by atoms with Gasteiger partial charge in [0.2, 0.25) is 11.5 Å². The Labute approximate surface area is 226 Å². The number of halogens is 7. The van der Waals surface area contributed by atoms with Gasteiger partial charge in [-0.15, -0.1) is 0 Å². The normalized spacial score (nSPS) is 19.3. The Morgan fingerprint density at radius 1 is 1.15 bits per heavy atom. The summed E-state index contributed by atoms with van der Waals surface area (Å²) in [4.78, 5) is 34.6. The molecule has 0 radical (unpaired) electrons. The molecule has 3 aromatic heterocycles. The minimum atomic E-state index is -5.33. The van der Waals surface area contributed by atoms with Gasteiger partial charge < -0.3 is 25.4 Å². The van der Waals surface area contributed by atoms with Crippen LogP contribution in [0.25, 0.3) is 16.8 Å². The third-order valence-corrected chi connectivity index (χ3v) is 6.75. The summed E-state index contributed by atoms with van der Waals surface area (Å²) in [5.41, 5.74) is -0.377. The lowest BCUT2D eigenvalue weighted by Gasteiger charge is -2.30. The molecular formula is C23H22F7N7O4. The number of aromatic nitrogens is 4. The standard InChI is InChI=1S/C23H22F7N7O4/c1-21(40,23(28,29)30)20(39)36-7-13(24)15(8-36)35(2)19(38)11-4-10(6-32-18(11)41-3)14-5-12(22(25,26)27)16-17(31)33-9-34-37(14)16/h4-6,9,13,15,40H,7-8H2,1-3H3,(H2,31,33,34)/t13-,15+,21?/m0/s1. The molecule has 1 aliphatic rings. The van der Waals surface area contributed by atoms with Gasteiger partial charge in [0.15, 0.2) is 5.82 Å². The summed E-state index contributed by atoms with van der Waals surface area (Å²) in [5, 5.41) is 13.5. The summed E-state index contributed by atoms with van der Waals surface area (Å²) >= 11 is 0.